The first-order valence-electron chi connectivity index (χ1n) is 2.10. The molecule has 0 aromatic heterocycles. The summed E-state index contributed by atoms with van der Waals surface area (Å²) in [7, 11) is -3.42. The molecule has 0 fully saturated rings. The SMILES string of the molecule is CCS(=O)(=O)OCO.[H-].[Na+]. The van der Waals surface area contributed by atoms with Gasteiger partial charge in [0.15, 0.2) is 6.79 Å². The van der Waals surface area contributed by atoms with Gasteiger partial charge in [0.25, 0.3) is 10.1 Å². The Morgan fingerprint density at radius 3 is 2.22 bits per heavy atom. The molecule has 0 bridgehead atoms. The first-order valence-corrected chi connectivity index (χ1v) is 3.68. The molecule has 0 saturated heterocycles. The molecule has 4 nitrogen and oxygen atoms in total. The molecule has 6 heteroatoms. The summed E-state index contributed by atoms with van der Waals surface area (Å²) in [5, 5.41) is 7.93. The van der Waals surface area contributed by atoms with Crippen LogP contribution in [0.1, 0.15) is 8.35 Å². The van der Waals surface area contributed by atoms with Crippen LogP contribution in [0.5, 0.6) is 0 Å². The Balaban J connectivity index is -0.000000245. The van der Waals surface area contributed by atoms with Gasteiger partial charge in [-0.2, -0.15) is 8.42 Å². The van der Waals surface area contributed by atoms with Gasteiger partial charge in [-0.3, -0.25) is 0 Å². The Morgan fingerprint density at radius 1 is 1.67 bits per heavy atom. The third-order valence-corrected chi connectivity index (χ3v) is 1.76. The van der Waals surface area contributed by atoms with E-state index in [-0.39, 0.29) is 36.7 Å². The minimum Gasteiger partial charge on any atom is -1.00 e. The van der Waals surface area contributed by atoms with E-state index >= 15 is 0 Å². The topological polar surface area (TPSA) is 63.6 Å². The number of hydrogen-bond acceptors (Lipinski definition) is 4. The zero-order chi connectivity index (χ0) is 6.62. The second-order valence-electron chi connectivity index (χ2n) is 1.09. The standard InChI is InChI=1S/C3H8O4S.Na.H/c1-2-8(5,6)7-3-4;;/h4H,2-3H2,1H3;;/q;+1;-1. The van der Waals surface area contributed by atoms with Crippen LogP contribution in [-0.2, 0) is 14.3 Å². The van der Waals surface area contributed by atoms with E-state index in [0.717, 1.165) is 0 Å². The summed E-state index contributed by atoms with van der Waals surface area (Å²) in [6.07, 6.45) is 0. The van der Waals surface area contributed by atoms with Gasteiger partial charge < -0.3 is 6.53 Å². The van der Waals surface area contributed by atoms with Crippen molar-refractivity contribution in [2.45, 2.75) is 6.92 Å². The van der Waals surface area contributed by atoms with E-state index in [1.807, 2.05) is 0 Å². The largest absolute Gasteiger partial charge is 1.00 e. The van der Waals surface area contributed by atoms with Gasteiger partial charge in [0, 0.05) is 0 Å². The maximum atomic E-state index is 10.2. The van der Waals surface area contributed by atoms with Crippen LogP contribution in [0, 0.1) is 0 Å². The van der Waals surface area contributed by atoms with Gasteiger partial charge >= 0.3 is 29.6 Å². The van der Waals surface area contributed by atoms with Crippen molar-refractivity contribution in [3.8, 4) is 0 Å². The first-order chi connectivity index (χ1) is 3.62. The van der Waals surface area contributed by atoms with Gasteiger partial charge in [0.1, 0.15) is 0 Å². The number of rotatable bonds is 3. The predicted molar refractivity (Wildman–Crippen MR) is 28.7 cm³/mol. The molecule has 0 aromatic carbocycles. The quantitative estimate of drug-likeness (QED) is 0.266. The normalized spacial score (nSPS) is 10.4. The van der Waals surface area contributed by atoms with Crippen LogP contribution in [0.2, 0.25) is 0 Å². The molecule has 0 aliphatic heterocycles. The van der Waals surface area contributed by atoms with Gasteiger partial charge in [0.2, 0.25) is 0 Å². The van der Waals surface area contributed by atoms with Gasteiger partial charge in [-0.15, -0.1) is 0 Å². The van der Waals surface area contributed by atoms with Crippen molar-refractivity contribution in [3.05, 3.63) is 0 Å². The fourth-order valence-corrected chi connectivity index (χ4v) is 0.491. The van der Waals surface area contributed by atoms with Gasteiger partial charge in [-0.05, 0) is 6.92 Å². The molecule has 0 rings (SSSR count). The van der Waals surface area contributed by atoms with Crippen molar-refractivity contribution >= 4 is 10.1 Å². The summed E-state index contributed by atoms with van der Waals surface area (Å²) in [6, 6.07) is 0. The zero-order valence-electron chi connectivity index (χ0n) is 6.49. The molecule has 0 aliphatic rings. The number of hydrogen-bond donors (Lipinski definition) is 1. The molecule has 0 unspecified atom stereocenters. The zero-order valence-corrected chi connectivity index (χ0v) is 8.31. The fraction of sp³-hybridized carbons (Fsp3) is 1.00. The van der Waals surface area contributed by atoms with Gasteiger partial charge in [-0.1, -0.05) is 0 Å². The Bertz CT molecular complexity index is 145. The van der Waals surface area contributed by atoms with E-state index < -0.39 is 16.9 Å². The van der Waals surface area contributed by atoms with E-state index in [2.05, 4.69) is 4.18 Å². The minimum atomic E-state index is -3.42. The van der Waals surface area contributed by atoms with E-state index in [1.54, 1.807) is 0 Å². The molecule has 52 valence electrons. The third-order valence-electron chi connectivity index (χ3n) is 0.586. The molecule has 9 heavy (non-hydrogen) atoms. The Morgan fingerprint density at radius 2 is 2.11 bits per heavy atom. The third kappa shape index (κ3) is 6.76. The molecule has 0 atom stereocenters. The molecule has 0 heterocycles. The number of aliphatic hydroxyl groups is 1. The maximum Gasteiger partial charge on any atom is 1.00 e. The Kier molecular flexibility index (Phi) is 7.86. The van der Waals surface area contributed by atoms with Crippen molar-refractivity contribution in [1.82, 2.24) is 0 Å². The van der Waals surface area contributed by atoms with Crippen molar-refractivity contribution in [3.63, 3.8) is 0 Å². The van der Waals surface area contributed by atoms with Crippen LogP contribution in [0.15, 0.2) is 0 Å². The van der Waals surface area contributed by atoms with Crippen LogP contribution in [-0.4, -0.2) is 26.1 Å². The second-order valence-corrected chi connectivity index (χ2v) is 3.02. The van der Waals surface area contributed by atoms with Crippen LogP contribution in [0.4, 0.5) is 0 Å². The van der Waals surface area contributed by atoms with Gasteiger partial charge in [0.05, 0.1) is 5.75 Å². The summed E-state index contributed by atoms with van der Waals surface area (Å²) in [5.74, 6) is -0.104. The van der Waals surface area contributed by atoms with E-state index in [0.29, 0.717) is 0 Å². The molecule has 0 radical (unpaired) electrons. The molecule has 0 amide bonds. The predicted octanol–water partition coefficient (Wildman–Crippen LogP) is -3.58. The van der Waals surface area contributed by atoms with Crippen LogP contribution < -0.4 is 29.6 Å². The Hall–Kier alpha value is 0.870. The Labute approximate surface area is 78.1 Å². The molecule has 0 spiro atoms. The van der Waals surface area contributed by atoms with Crippen molar-refractivity contribution < 1.29 is 48.7 Å². The number of aliphatic hydroxyl groups excluding tert-OH is 1. The summed E-state index contributed by atoms with van der Waals surface area (Å²) < 4.78 is 24.3. The molecule has 0 aliphatic carbocycles. The summed E-state index contributed by atoms with van der Waals surface area (Å²) in [4.78, 5) is 0. The van der Waals surface area contributed by atoms with Crippen LogP contribution in [0.25, 0.3) is 0 Å². The molecular weight excluding hydrogens is 155 g/mol. The summed E-state index contributed by atoms with van der Waals surface area (Å²) in [5.41, 5.74) is 0. The average molecular weight is 164 g/mol. The van der Waals surface area contributed by atoms with E-state index in [4.69, 9.17) is 5.11 Å². The molecule has 0 saturated carbocycles. The summed E-state index contributed by atoms with van der Waals surface area (Å²) >= 11 is 0. The first kappa shape index (κ1) is 12.5. The summed E-state index contributed by atoms with van der Waals surface area (Å²) in [6.45, 7) is 0.668. The van der Waals surface area contributed by atoms with E-state index in [9.17, 15) is 8.42 Å². The second kappa shape index (κ2) is 5.64. The fourth-order valence-electron chi connectivity index (χ4n) is 0.164. The minimum absolute atomic E-state index is 0. The molecule has 0 aromatic rings. The average Bonchev–Trinajstić information content (AvgIpc) is 1.67. The molecule has 1 N–H and O–H groups in total. The molecular formula is C3H9NaO4S. The van der Waals surface area contributed by atoms with E-state index in [1.165, 1.54) is 6.92 Å². The van der Waals surface area contributed by atoms with Gasteiger partial charge in [-0.25, -0.2) is 4.18 Å². The van der Waals surface area contributed by atoms with Crippen LogP contribution >= 0.6 is 0 Å². The monoisotopic (exact) mass is 164 g/mol. The van der Waals surface area contributed by atoms with Crippen LogP contribution in [0.3, 0.4) is 0 Å². The van der Waals surface area contributed by atoms with Crippen molar-refractivity contribution in [1.29, 1.82) is 0 Å². The maximum absolute atomic E-state index is 10.2. The smallest absolute Gasteiger partial charge is 1.00 e. The van der Waals surface area contributed by atoms with Crippen molar-refractivity contribution in [2.75, 3.05) is 12.5 Å². The van der Waals surface area contributed by atoms with Crippen molar-refractivity contribution in [2.24, 2.45) is 0 Å².